The van der Waals surface area contributed by atoms with E-state index in [1.807, 2.05) is 0 Å². The van der Waals surface area contributed by atoms with Crippen molar-refractivity contribution < 1.29 is 13.2 Å². The lowest BCUT2D eigenvalue weighted by Gasteiger charge is -2.07. The number of hydrogen-bond acceptors (Lipinski definition) is 1. The van der Waals surface area contributed by atoms with Gasteiger partial charge in [0.15, 0.2) is 5.82 Å². The van der Waals surface area contributed by atoms with Crippen LogP contribution in [0.2, 0.25) is 0 Å². The normalized spacial score (nSPS) is 10.9. The summed E-state index contributed by atoms with van der Waals surface area (Å²) in [6, 6.07) is 0. The average Bonchev–Trinajstić information content (AvgIpc) is 2.04. The zero-order valence-electron chi connectivity index (χ0n) is 6.20. The first-order chi connectivity index (χ1) is 6.07. The quantitative estimate of drug-likeness (QED) is 0.575. The maximum atomic E-state index is 12.9. The van der Waals surface area contributed by atoms with Crippen molar-refractivity contribution in [3.8, 4) is 0 Å². The van der Waals surface area contributed by atoms with Gasteiger partial charge in [0.05, 0.1) is 17.5 Å². The second-order valence-electron chi connectivity index (χ2n) is 2.21. The van der Waals surface area contributed by atoms with Gasteiger partial charge in [-0.2, -0.15) is 0 Å². The lowest BCUT2D eigenvalue weighted by molar-refractivity contribution is 0.145. The van der Waals surface area contributed by atoms with Gasteiger partial charge in [-0.25, -0.2) is 13.2 Å². The van der Waals surface area contributed by atoms with E-state index in [1.54, 1.807) is 22.6 Å². The van der Waals surface area contributed by atoms with Crippen LogP contribution in [0.15, 0.2) is 6.20 Å². The van der Waals surface area contributed by atoms with E-state index in [9.17, 15) is 13.2 Å². The third-order valence-corrected chi connectivity index (χ3v) is 3.16. The van der Waals surface area contributed by atoms with Gasteiger partial charge in [0, 0.05) is 8.90 Å². The van der Waals surface area contributed by atoms with Crippen molar-refractivity contribution in [2.45, 2.75) is 11.8 Å². The standard InChI is InChI=1S/C7H4BrF3IN/c8-1-4-6(12)5(7(10)11)3(9)2-13-4/h2,7H,1H2. The Hall–Kier alpha value is 0.150. The van der Waals surface area contributed by atoms with Gasteiger partial charge in [-0.15, -0.1) is 0 Å². The lowest BCUT2D eigenvalue weighted by Crippen LogP contribution is -2.01. The van der Waals surface area contributed by atoms with Gasteiger partial charge in [-0.05, 0) is 22.6 Å². The van der Waals surface area contributed by atoms with Gasteiger partial charge in [-0.1, -0.05) is 15.9 Å². The molecule has 0 aliphatic heterocycles. The van der Waals surface area contributed by atoms with Crippen molar-refractivity contribution in [2.24, 2.45) is 0 Å². The fraction of sp³-hybridized carbons (Fsp3) is 0.286. The number of alkyl halides is 3. The summed E-state index contributed by atoms with van der Waals surface area (Å²) in [6.45, 7) is 0. The molecular formula is C7H4BrF3IN. The Labute approximate surface area is 95.0 Å². The molecule has 0 aromatic carbocycles. The molecule has 0 N–H and O–H groups in total. The van der Waals surface area contributed by atoms with E-state index in [1.165, 1.54) is 0 Å². The Morgan fingerprint density at radius 3 is 2.62 bits per heavy atom. The molecule has 0 aliphatic rings. The van der Waals surface area contributed by atoms with E-state index in [4.69, 9.17) is 0 Å². The molecule has 1 heterocycles. The molecule has 0 amide bonds. The maximum Gasteiger partial charge on any atom is 0.267 e. The number of pyridine rings is 1. The number of aromatic nitrogens is 1. The second-order valence-corrected chi connectivity index (χ2v) is 3.85. The van der Waals surface area contributed by atoms with E-state index in [2.05, 4.69) is 20.9 Å². The van der Waals surface area contributed by atoms with Gasteiger partial charge in [0.1, 0.15) is 0 Å². The SMILES string of the molecule is Fc1cnc(CBr)c(I)c1C(F)F. The van der Waals surface area contributed by atoms with Crippen LogP contribution in [-0.4, -0.2) is 4.98 Å². The summed E-state index contributed by atoms with van der Waals surface area (Å²) in [4.78, 5) is 3.68. The van der Waals surface area contributed by atoms with Crippen LogP contribution in [0.3, 0.4) is 0 Å². The van der Waals surface area contributed by atoms with Gasteiger partial charge >= 0.3 is 0 Å². The van der Waals surface area contributed by atoms with Crippen molar-refractivity contribution in [1.29, 1.82) is 0 Å². The van der Waals surface area contributed by atoms with Crippen molar-refractivity contribution >= 4 is 38.5 Å². The molecule has 0 spiro atoms. The molecule has 0 fully saturated rings. The zero-order chi connectivity index (χ0) is 10.0. The van der Waals surface area contributed by atoms with Crippen LogP contribution in [0.5, 0.6) is 0 Å². The summed E-state index contributed by atoms with van der Waals surface area (Å²) >= 11 is 4.75. The van der Waals surface area contributed by atoms with E-state index in [0.29, 0.717) is 11.0 Å². The fourth-order valence-electron chi connectivity index (χ4n) is 0.814. The van der Waals surface area contributed by atoms with Crippen LogP contribution in [0.1, 0.15) is 17.7 Å². The van der Waals surface area contributed by atoms with Gasteiger partial charge in [0.25, 0.3) is 6.43 Å². The van der Waals surface area contributed by atoms with Gasteiger partial charge in [-0.3, -0.25) is 4.98 Å². The molecule has 0 radical (unpaired) electrons. The molecule has 0 atom stereocenters. The molecular weight excluding hydrogens is 362 g/mol. The molecule has 0 saturated carbocycles. The molecule has 1 aromatic heterocycles. The average molecular weight is 366 g/mol. The smallest absolute Gasteiger partial charge is 0.256 e. The molecule has 1 aromatic rings. The predicted molar refractivity (Wildman–Crippen MR) is 54.5 cm³/mol. The highest BCUT2D eigenvalue weighted by atomic mass is 127. The van der Waals surface area contributed by atoms with Gasteiger partial charge in [0.2, 0.25) is 0 Å². The summed E-state index contributed by atoms with van der Waals surface area (Å²) in [5.41, 5.74) is -0.137. The molecule has 13 heavy (non-hydrogen) atoms. The Morgan fingerprint density at radius 2 is 2.15 bits per heavy atom. The van der Waals surface area contributed by atoms with Crippen molar-refractivity contribution in [2.75, 3.05) is 0 Å². The molecule has 0 unspecified atom stereocenters. The fourth-order valence-corrected chi connectivity index (χ4v) is 2.59. The maximum absolute atomic E-state index is 12.9. The number of halogens is 5. The molecule has 0 bridgehead atoms. The topological polar surface area (TPSA) is 12.9 Å². The molecule has 0 saturated heterocycles. The molecule has 0 aliphatic carbocycles. The number of hydrogen-bond donors (Lipinski definition) is 0. The van der Waals surface area contributed by atoms with E-state index < -0.39 is 17.8 Å². The van der Waals surface area contributed by atoms with Crippen LogP contribution >= 0.6 is 38.5 Å². The Balaban J connectivity index is 3.30. The lowest BCUT2D eigenvalue weighted by atomic mass is 10.2. The Kier molecular flexibility index (Phi) is 3.96. The highest BCUT2D eigenvalue weighted by molar-refractivity contribution is 14.1. The highest BCUT2D eigenvalue weighted by Gasteiger charge is 2.20. The monoisotopic (exact) mass is 365 g/mol. The first-order valence-corrected chi connectivity index (χ1v) is 5.44. The number of rotatable bonds is 2. The first-order valence-electron chi connectivity index (χ1n) is 3.24. The van der Waals surface area contributed by atoms with Crippen LogP contribution < -0.4 is 0 Å². The second kappa shape index (κ2) is 4.59. The predicted octanol–water partition coefficient (Wildman–Crippen LogP) is 3.66. The summed E-state index contributed by atoms with van der Waals surface area (Å²) in [7, 11) is 0. The highest BCUT2D eigenvalue weighted by Crippen LogP contribution is 2.29. The summed E-state index contributed by atoms with van der Waals surface area (Å²) in [5, 5.41) is 0.339. The van der Waals surface area contributed by atoms with Crippen molar-refractivity contribution in [3.05, 3.63) is 26.8 Å². The van der Waals surface area contributed by atoms with Crippen LogP contribution in [0.4, 0.5) is 13.2 Å². The zero-order valence-corrected chi connectivity index (χ0v) is 9.94. The third-order valence-electron chi connectivity index (χ3n) is 1.43. The summed E-state index contributed by atoms with van der Waals surface area (Å²) < 4.78 is 37.7. The van der Waals surface area contributed by atoms with Crippen molar-refractivity contribution in [3.63, 3.8) is 0 Å². The Bertz CT molecular complexity index is 319. The molecule has 1 nitrogen and oxygen atoms in total. The van der Waals surface area contributed by atoms with Crippen molar-refractivity contribution in [1.82, 2.24) is 4.98 Å². The largest absolute Gasteiger partial charge is 0.267 e. The summed E-state index contributed by atoms with van der Waals surface area (Å²) in [6.07, 6.45) is -1.98. The van der Waals surface area contributed by atoms with Gasteiger partial charge < -0.3 is 0 Å². The minimum absolute atomic E-state index is 0.185. The minimum Gasteiger partial charge on any atom is -0.256 e. The summed E-state index contributed by atoms with van der Waals surface area (Å²) in [5.74, 6) is -0.955. The van der Waals surface area contributed by atoms with Crippen LogP contribution in [0, 0.1) is 9.39 Å². The molecule has 6 heteroatoms. The van der Waals surface area contributed by atoms with E-state index in [-0.39, 0.29) is 3.57 Å². The molecule has 72 valence electrons. The first kappa shape index (κ1) is 11.2. The Morgan fingerprint density at radius 1 is 1.54 bits per heavy atom. The van der Waals surface area contributed by atoms with Crippen LogP contribution in [-0.2, 0) is 5.33 Å². The van der Waals surface area contributed by atoms with E-state index >= 15 is 0 Å². The van der Waals surface area contributed by atoms with Crippen LogP contribution in [0.25, 0.3) is 0 Å². The van der Waals surface area contributed by atoms with E-state index in [0.717, 1.165) is 6.20 Å². The third kappa shape index (κ3) is 2.34. The number of nitrogens with zero attached hydrogens (tertiary/aromatic N) is 1. The molecule has 1 rings (SSSR count). The minimum atomic E-state index is -2.80.